The molecule has 0 aliphatic heterocycles. The molecule has 2 aromatic carbocycles. The highest BCUT2D eigenvalue weighted by Crippen LogP contribution is 2.14. The number of ether oxygens (including phenoxy) is 1. The zero-order valence-corrected chi connectivity index (χ0v) is 11.6. The predicted molar refractivity (Wildman–Crippen MR) is 81.0 cm³/mol. The van der Waals surface area contributed by atoms with Crippen molar-refractivity contribution in [1.82, 2.24) is 9.55 Å². The fraction of sp³-hybridized carbons (Fsp3) is 0.176. The van der Waals surface area contributed by atoms with Crippen molar-refractivity contribution in [2.75, 3.05) is 6.61 Å². The zero-order valence-electron chi connectivity index (χ0n) is 11.6. The maximum Gasteiger partial charge on any atom is 0.119 e. The average Bonchev–Trinajstić information content (AvgIpc) is 2.93. The van der Waals surface area contributed by atoms with E-state index >= 15 is 0 Å². The number of para-hydroxylation sites is 2. The number of imidazole rings is 1. The van der Waals surface area contributed by atoms with Crippen LogP contribution in [0.3, 0.4) is 0 Å². The van der Waals surface area contributed by atoms with Crippen molar-refractivity contribution in [3.63, 3.8) is 0 Å². The Balaban J connectivity index is 1.60. The summed E-state index contributed by atoms with van der Waals surface area (Å²) >= 11 is 0. The van der Waals surface area contributed by atoms with Crippen LogP contribution < -0.4 is 4.74 Å². The van der Waals surface area contributed by atoms with Gasteiger partial charge in [0.1, 0.15) is 12.4 Å². The van der Waals surface area contributed by atoms with E-state index in [4.69, 9.17) is 10.00 Å². The van der Waals surface area contributed by atoms with Crippen molar-refractivity contribution >= 4 is 11.0 Å². The first kappa shape index (κ1) is 13.2. The molecular weight excluding hydrogens is 262 g/mol. The van der Waals surface area contributed by atoms with Crippen LogP contribution in [0, 0.1) is 11.3 Å². The van der Waals surface area contributed by atoms with Crippen molar-refractivity contribution in [1.29, 1.82) is 5.26 Å². The number of hydrogen-bond acceptors (Lipinski definition) is 3. The van der Waals surface area contributed by atoms with Crippen LogP contribution in [0.2, 0.25) is 0 Å². The van der Waals surface area contributed by atoms with Gasteiger partial charge in [-0.2, -0.15) is 5.26 Å². The minimum atomic E-state index is 0.432. The lowest BCUT2D eigenvalue weighted by Crippen LogP contribution is -2.07. The highest BCUT2D eigenvalue weighted by Gasteiger charge is 2.01. The van der Waals surface area contributed by atoms with E-state index in [0.29, 0.717) is 13.0 Å². The minimum absolute atomic E-state index is 0.432. The standard InChI is InChI=1S/C17H15N3O/c18-10-9-14-5-7-15(8-6-14)21-12-11-20-13-19-16-3-1-2-4-17(16)20/h1-8,13H,9,11-12H2. The number of nitriles is 1. The van der Waals surface area contributed by atoms with E-state index in [9.17, 15) is 0 Å². The molecule has 0 aliphatic rings. The van der Waals surface area contributed by atoms with Gasteiger partial charge in [0.25, 0.3) is 0 Å². The topological polar surface area (TPSA) is 50.8 Å². The van der Waals surface area contributed by atoms with Gasteiger partial charge in [-0.25, -0.2) is 4.98 Å². The van der Waals surface area contributed by atoms with Gasteiger partial charge in [-0.1, -0.05) is 24.3 Å². The number of fused-ring (bicyclic) bond motifs is 1. The van der Waals surface area contributed by atoms with Crippen molar-refractivity contribution in [2.45, 2.75) is 13.0 Å². The smallest absolute Gasteiger partial charge is 0.119 e. The first-order valence-electron chi connectivity index (χ1n) is 6.85. The minimum Gasteiger partial charge on any atom is -0.492 e. The lowest BCUT2D eigenvalue weighted by atomic mass is 10.2. The first-order chi connectivity index (χ1) is 10.4. The van der Waals surface area contributed by atoms with E-state index < -0.39 is 0 Å². The van der Waals surface area contributed by atoms with E-state index in [2.05, 4.69) is 21.7 Å². The summed E-state index contributed by atoms with van der Waals surface area (Å²) < 4.78 is 7.81. The summed E-state index contributed by atoms with van der Waals surface area (Å²) in [5.41, 5.74) is 3.12. The van der Waals surface area contributed by atoms with Crippen LogP contribution in [0.5, 0.6) is 5.75 Å². The second-order valence-electron chi connectivity index (χ2n) is 4.75. The number of hydrogen-bond donors (Lipinski definition) is 0. The molecule has 0 amide bonds. The molecule has 0 saturated carbocycles. The lowest BCUT2D eigenvalue weighted by Gasteiger charge is -2.08. The van der Waals surface area contributed by atoms with E-state index in [0.717, 1.165) is 28.9 Å². The van der Waals surface area contributed by atoms with Gasteiger partial charge in [0.05, 0.1) is 36.4 Å². The number of aromatic nitrogens is 2. The van der Waals surface area contributed by atoms with Crippen LogP contribution in [-0.2, 0) is 13.0 Å². The second-order valence-corrected chi connectivity index (χ2v) is 4.75. The van der Waals surface area contributed by atoms with Crippen molar-refractivity contribution < 1.29 is 4.74 Å². The Morgan fingerprint density at radius 2 is 1.90 bits per heavy atom. The van der Waals surface area contributed by atoms with Gasteiger partial charge < -0.3 is 9.30 Å². The van der Waals surface area contributed by atoms with Crippen LogP contribution in [0.1, 0.15) is 5.56 Å². The molecule has 0 bridgehead atoms. The first-order valence-corrected chi connectivity index (χ1v) is 6.85. The Bertz CT molecular complexity index is 769. The molecule has 0 aliphatic carbocycles. The molecule has 0 unspecified atom stereocenters. The Morgan fingerprint density at radius 3 is 2.71 bits per heavy atom. The maximum atomic E-state index is 8.63. The number of rotatable bonds is 5. The summed E-state index contributed by atoms with van der Waals surface area (Å²) in [6.07, 6.45) is 2.27. The van der Waals surface area contributed by atoms with Crippen LogP contribution in [-0.4, -0.2) is 16.2 Å². The fourth-order valence-corrected chi connectivity index (χ4v) is 2.25. The van der Waals surface area contributed by atoms with Crippen LogP contribution in [0.15, 0.2) is 54.9 Å². The Hall–Kier alpha value is -2.80. The van der Waals surface area contributed by atoms with Gasteiger partial charge in [0.15, 0.2) is 0 Å². The van der Waals surface area contributed by atoms with Crippen LogP contribution >= 0.6 is 0 Å². The molecule has 0 fully saturated rings. The normalized spacial score (nSPS) is 10.4. The molecule has 0 saturated heterocycles. The molecule has 0 atom stereocenters. The van der Waals surface area contributed by atoms with E-state index in [1.807, 2.05) is 48.8 Å². The molecule has 0 radical (unpaired) electrons. The Labute approximate surface area is 123 Å². The van der Waals surface area contributed by atoms with Gasteiger partial charge in [0.2, 0.25) is 0 Å². The molecule has 104 valence electrons. The lowest BCUT2D eigenvalue weighted by molar-refractivity contribution is 0.300. The molecule has 4 nitrogen and oxygen atoms in total. The summed E-state index contributed by atoms with van der Waals surface area (Å²) in [6, 6.07) is 17.8. The van der Waals surface area contributed by atoms with Crippen molar-refractivity contribution in [3.05, 3.63) is 60.4 Å². The maximum absolute atomic E-state index is 8.63. The molecule has 4 heteroatoms. The monoisotopic (exact) mass is 277 g/mol. The summed E-state index contributed by atoms with van der Waals surface area (Å²) in [4.78, 5) is 4.35. The molecule has 1 heterocycles. The largest absolute Gasteiger partial charge is 0.492 e. The molecular formula is C17H15N3O. The van der Waals surface area contributed by atoms with Gasteiger partial charge in [0, 0.05) is 0 Å². The molecule has 0 spiro atoms. The predicted octanol–water partition coefficient (Wildman–Crippen LogP) is 3.18. The third kappa shape index (κ3) is 3.03. The Kier molecular flexibility index (Phi) is 3.83. The summed E-state index contributed by atoms with van der Waals surface area (Å²) in [5, 5.41) is 8.63. The molecule has 3 rings (SSSR count). The third-order valence-corrected chi connectivity index (χ3v) is 3.33. The van der Waals surface area contributed by atoms with E-state index in [1.54, 1.807) is 0 Å². The van der Waals surface area contributed by atoms with E-state index in [-0.39, 0.29) is 0 Å². The summed E-state index contributed by atoms with van der Waals surface area (Å²) in [5.74, 6) is 0.820. The quantitative estimate of drug-likeness (QED) is 0.719. The van der Waals surface area contributed by atoms with Crippen molar-refractivity contribution in [2.24, 2.45) is 0 Å². The Morgan fingerprint density at radius 1 is 1.10 bits per heavy atom. The highest BCUT2D eigenvalue weighted by molar-refractivity contribution is 5.74. The van der Waals surface area contributed by atoms with Crippen LogP contribution in [0.25, 0.3) is 11.0 Å². The zero-order chi connectivity index (χ0) is 14.5. The molecule has 21 heavy (non-hydrogen) atoms. The fourth-order valence-electron chi connectivity index (χ4n) is 2.25. The number of nitrogens with zero attached hydrogens (tertiary/aromatic N) is 3. The highest BCUT2D eigenvalue weighted by atomic mass is 16.5. The summed E-state index contributed by atoms with van der Waals surface area (Å²) in [7, 11) is 0. The van der Waals surface area contributed by atoms with Gasteiger partial charge in [-0.3, -0.25) is 0 Å². The number of benzene rings is 2. The van der Waals surface area contributed by atoms with E-state index in [1.165, 1.54) is 0 Å². The van der Waals surface area contributed by atoms with Gasteiger partial charge in [-0.05, 0) is 29.8 Å². The molecule has 3 aromatic rings. The van der Waals surface area contributed by atoms with Crippen LogP contribution in [0.4, 0.5) is 0 Å². The summed E-state index contributed by atoms with van der Waals surface area (Å²) in [6.45, 7) is 1.33. The third-order valence-electron chi connectivity index (χ3n) is 3.33. The molecule has 0 N–H and O–H groups in total. The average molecular weight is 277 g/mol. The second kappa shape index (κ2) is 6.10. The van der Waals surface area contributed by atoms with Gasteiger partial charge >= 0.3 is 0 Å². The van der Waals surface area contributed by atoms with Crippen molar-refractivity contribution in [3.8, 4) is 11.8 Å². The van der Waals surface area contributed by atoms with Gasteiger partial charge in [-0.15, -0.1) is 0 Å². The SMILES string of the molecule is N#CCc1ccc(OCCn2cnc3ccccc32)cc1. The molecule has 1 aromatic heterocycles.